The van der Waals surface area contributed by atoms with Crippen molar-refractivity contribution >= 4 is 58.6 Å². The second kappa shape index (κ2) is 10.3. The zero-order chi connectivity index (χ0) is 17.6. The van der Waals surface area contributed by atoms with Gasteiger partial charge in [0, 0.05) is 51.6 Å². The maximum atomic E-state index is 6.32. The van der Waals surface area contributed by atoms with E-state index in [2.05, 4.69) is 36.5 Å². The molecule has 0 spiro atoms. The van der Waals surface area contributed by atoms with Crippen LogP contribution in [0, 0.1) is 6.92 Å². The van der Waals surface area contributed by atoms with Crippen LogP contribution in [0.4, 0.5) is 5.69 Å². The van der Waals surface area contributed by atoms with Crippen molar-refractivity contribution in [3.63, 3.8) is 0 Å². The van der Waals surface area contributed by atoms with Crippen LogP contribution in [0.5, 0.6) is 0 Å². The van der Waals surface area contributed by atoms with E-state index in [4.69, 9.17) is 11.6 Å². The highest BCUT2D eigenvalue weighted by atomic mass is 127. The molecule has 0 unspecified atom stereocenters. The van der Waals surface area contributed by atoms with Crippen molar-refractivity contribution in [3.8, 4) is 0 Å². The zero-order valence-electron chi connectivity index (χ0n) is 15.1. The number of para-hydroxylation sites is 1. The molecule has 26 heavy (non-hydrogen) atoms. The van der Waals surface area contributed by atoms with Crippen molar-refractivity contribution in [3.05, 3.63) is 45.4 Å². The Labute approximate surface area is 181 Å². The molecule has 0 bridgehead atoms. The topological polar surface area (TPSA) is 43.8 Å². The van der Waals surface area contributed by atoms with Crippen molar-refractivity contribution < 1.29 is 0 Å². The summed E-state index contributed by atoms with van der Waals surface area (Å²) in [5, 5.41) is 7.52. The number of anilines is 1. The number of piperazine rings is 1. The molecule has 1 fully saturated rings. The number of aliphatic imine (C=N–C) groups is 1. The van der Waals surface area contributed by atoms with Gasteiger partial charge in [0.25, 0.3) is 0 Å². The third-order valence-electron chi connectivity index (χ3n) is 4.31. The van der Waals surface area contributed by atoms with Gasteiger partial charge in [-0.05, 0) is 19.1 Å². The van der Waals surface area contributed by atoms with Crippen LogP contribution in [0.2, 0.25) is 5.02 Å². The zero-order valence-corrected chi connectivity index (χ0v) is 19.0. The number of hydrogen-bond acceptors (Lipinski definition) is 4. The lowest BCUT2D eigenvalue weighted by Gasteiger charge is -2.38. The Hall–Kier alpha value is -1.06. The van der Waals surface area contributed by atoms with Crippen LogP contribution in [0.25, 0.3) is 0 Å². The lowest BCUT2D eigenvalue weighted by molar-refractivity contribution is 0.373. The number of aromatic nitrogens is 1. The molecule has 0 amide bonds. The number of benzene rings is 1. The lowest BCUT2D eigenvalue weighted by Crippen LogP contribution is -2.52. The maximum Gasteiger partial charge on any atom is 0.193 e. The monoisotopic (exact) mass is 505 g/mol. The maximum absolute atomic E-state index is 6.32. The molecule has 0 radical (unpaired) electrons. The first-order chi connectivity index (χ1) is 12.2. The number of thiazole rings is 1. The number of nitrogens with one attached hydrogen (secondary N) is 1. The first-order valence-electron chi connectivity index (χ1n) is 8.53. The predicted octanol–water partition coefficient (Wildman–Crippen LogP) is 3.66. The molecule has 1 N–H and O–H groups in total. The van der Waals surface area contributed by atoms with Gasteiger partial charge >= 0.3 is 0 Å². The van der Waals surface area contributed by atoms with Gasteiger partial charge in [0.15, 0.2) is 5.96 Å². The minimum Gasteiger partial charge on any atom is -0.367 e. The third-order valence-corrected chi connectivity index (χ3v) is 5.46. The fourth-order valence-electron chi connectivity index (χ4n) is 3.03. The summed E-state index contributed by atoms with van der Waals surface area (Å²) in [7, 11) is 1.84. The minimum absolute atomic E-state index is 0. The summed E-state index contributed by atoms with van der Waals surface area (Å²) >= 11 is 8.02. The summed E-state index contributed by atoms with van der Waals surface area (Å²) in [6.45, 7) is 6.63. The first kappa shape index (κ1) is 21.2. The van der Waals surface area contributed by atoms with Gasteiger partial charge in [-0.1, -0.05) is 23.7 Å². The number of aryl methyl sites for hydroxylation is 1. The second-order valence-corrected chi connectivity index (χ2v) is 7.48. The highest BCUT2D eigenvalue weighted by molar-refractivity contribution is 14.0. The van der Waals surface area contributed by atoms with Crippen LogP contribution >= 0.6 is 46.9 Å². The molecule has 0 atom stereocenters. The molecule has 3 rings (SSSR count). The van der Waals surface area contributed by atoms with Crippen LogP contribution in [0.1, 0.15) is 10.7 Å². The largest absolute Gasteiger partial charge is 0.367 e. The van der Waals surface area contributed by atoms with Gasteiger partial charge in [0.2, 0.25) is 0 Å². The molecular formula is C18H25ClIN5S. The summed E-state index contributed by atoms with van der Waals surface area (Å²) < 4.78 is 0. The van der Waals surface area contributed by atoms with Crippen molar-refractivity contribution in [2.24, 2.45) is 4.99 Å². The summed E-state index contributed by atoms with van der Waals surface area (Å²) in [4.78, 5) is 13.6. The van der Waals surface area contributed by atoms with Crippen molar-refractivity contribution in [1.29, 1.82) is 0 Å². The number of halogens is 2. The SMILES string of the molecule is CN=C(NCCc1csc(C)n1)N1CCN(c2ccccc2Cl)CC1.I. The van der Waals surface area contributed by atoms with Crippen molar-refractivity contribution in [1.82, 2.24) is 15.2 Å². The molecule has 1 aliphatic heterocycles. The van der Waals surface area contributed by atoms with E-state index in [1.54, 1.807) is 11.3 Å². The highest BCUT2D eigenvalue weighted by Gasteiger charge is 2.20. The van der Waals surface area contributed by atoms with Crippen LogP contribution in [-0.4, -0.2) is 55.6 Å². The second-order valence-electron chi connectivity index (χ2n) is 6.01. The van der Waals surface area contributed by atoms with Crippen molar-refractivity contribution in [2.45, 2.75) is 13.3 Å². The molecular weight excluding hydrogens is 481 g/mol. The lowest BCUT2D eigenvalue weighted by atomic mass is 10.2. The fraction of sp³-hybridized carbons (Fsp3) is 0.444. The summed E-state index contributed by atoms with van der Waals surface area (Å²) in [6, 6.07) is 8.04. The van der Waals surface area contributed by atoms with E-state index in [9.17, 15) is 0 Å². The normalized spacial score (nSPS) is 15.0. The molecule has 1 saturated heterocycles. The van der Waals surface area contributed by atoms with Crippen LogP contribution < -0.4 is 10.2 Å². The van der Waals surface area contributed by atoms with Crippen molar-refractivity contribution in [2.75, 3.05) is 44.7 Å². The Morgan fingerprint density at radius 3 is 2.62 bits per heavy atom. The third kappa shape index (κ3) is 5.47. The predicted molar refractivity (Wildman–Crippen MR) is 123 cm³/mol. The Bertz CT molecular complexity index is 728. The van der Waals surface area contributed by atoms with Gasteiger partial charge in [-0.3, -0.25) is 4.99 Å². The van der Waals surface area contributed by atoms with Gasteiger partial charge in [0.05, 0.1) is 21.4 Å². The standard InChI is InChI=1S/C18H24ClN5S.HI/c1-14-22-15(13-25-14)7-8-21-18(20-2)24-11-9-23(10-12-24)17-6-4-3-5-16(17)19;/h3-6,13H,7-12H2,1-2H3,(H,20,21);1H. The fourth-order valence-corrected chi connectivity index (χ4v) is 3.93. The quantitative estimate of drug-likeness (QED) is 0.391. The van der Waals surface area contributed by atoms with Crippen LogP contribution in [0.15, 0.2) is 34.6 Å². The van der Waals surface area contributed by atoms with Gasteiger partial charge in [-0.15, -0.1) is 35.3 Å². The van der Waals surface area contributed by atoms with Gasteiger partial charge in [-0.25, -0.2) is 4.98 Å². The van der Waals surface area contributed by atoms with E-state index in [0.717, 1.165) is 66.5 Å². The molecule has 0 aliphatic carbocycles. The van der Waals surface area contributed by atoms with Gasteiger partial charge in [-0.2, -0.15) is 0 Å². The van der Waals surface area contributed by atoms with E-state index in [1.807, 2.05) is 32.2 Å². The molecule has 8 heteroatoms. The molecule has 142 valence electrons. The van der Waals surface area contributed by atoms with E-state index in [1.165, 1.54) is 0 Å². The van der Waals surface area contributed by atoms with E-state index in [-0.39, 0.29) is 24.0 Å². The summed E-state index contributed by atoms with van der Waals surface area (Å²) in [5.74, 6) is 0.964. The van der Waals surface area contributed by atoms with Gasteiger partial charge in [0.1, 0.15) is 0 Å². The Morgan fingerprint density at radius 2 is 2.00 bits per heavy atom. The molecule has 2 aromatic rings. The molecule has 1 aromatic carbocycles. The Kier molecular flexibility index (Phi) is 8.43. The van der Waals surface area contributed by atoms with Crippen LogP contribution in [0.3, 0.4) is 0 Å². The summed E-state index contributed by atoms with van der Waals surface area (Å²) in [6.07, 6.45) is 0.920. The molecule has 2 heterocycles. The number of guanidine groups is 1. The van der Waals surface area contributed by atoms with E-state index < -0.39 is 0 Å². The van der Waals surface area contributed by atoms with E-state index >= 15 is 0 Å². The summed E-state index contributed by atoms with van der Waals surface area (Å²) in [5.41, 5.74) is 2.26. The Balaban J connectivity index is 0.00000243. The average Bonchev–Trinajstić information content (AvgIpc) is 3.05. The molecule has 1 aliphatic rings. The molecule has 0 saturated carbocycles. The number of rotatable bonds is 4. The number of nitrogens with zero attached hydrogens (tertiary/aromatic N) is 4. The first-order valence-corrected chi connectivity index (χ1v) is 9.79. The highest BCUT2D eigenvalue weighted by Crippen LogP contribution is 2.25. The average molecular weight is 506 g/mol. The number of hydrogen-bond donors (Lipinski definition) is 1. The molecule has 5 nitrogen and oxygen atoms in total. The minimum atomic E-state index is 0. The van der Waals surface area contributed by atoms with E-state index in [0.29, 0.717) is 0 Å². The smallest absolute Gasteiger partial charge is 0.193 e. The Morgan fingerprint density at radius 1 is 1.27 bits per heavy atom. The van der Waals surface area contributed by atoms with Gasteiger partial charge < -0.3 is 15.1 Å². The van der Waals surface area contributed by atoms with Crippen LogP contribution in [-0.2, 0) is 6.42 Å². The molecule has 1 aromatic heterocycles.